The van der Waals surface area contributed by atoms with Crippen molar-refractivity contribution in [2.45, 2.75) is 23.8 Å². The zero-order chi connectivity index (χ0) is 14.9. The Morgan fingerprint density at radius 2 is 2.15 bits per heavy atom. The van der Waals surface area contributed by atoms with Gasteiger partial charge in [0, 0.05) is 29.3 Å². The summed E-state index contributed by atoms with van der Waals surface area (Å²) in [5, 5.41) is 0. The van der Waals surface area contributed by atoms with Crippen LogP contribution >= 0.6 is 15.9 Å². The molecule has 2 N–H and O–H groups in total. The molecule has 1 aromatic rings. The Morgan fingerprint density at radius 3 is 2.75 bits per heavy atom. The Labute approximate surface area is 128 Å². The Kier molecular flexibility index (Phi) is 4.73. The molecule has 1 fully saturated rings. The summed E-state index contributed by atoms with van der Waals surface area (Å²) in [6.07, 6.45) is 1.81. The quantitative estimate of drug-likeness (QED) is 0.829. The molecule has 112 valence electrons. The van der Waals surface area contributed by atoms with Gasteiger partial charge in [-0.1, -0.05) is 0 Å². The van der Waals surface area contributed by atoms with Gasteiger partial charge in [0.1, 0.15) is 0 Å². The monoisotopic (exact) mass is 361 g/mol. The summed E-state index contributed by atoms with van der Waals surface area (Å²) >= 11 is 3.30. The molecule has 1 aromatic carbocycles. The molecule has 20 heavy (non-hydrogen) atoms. The number of halogens is 1. The first-order valence-electron chi connectivity index (χ1n) is 6.54. The highest BCUT2D eigenvalue weighted by Gasteiger charge is 2.36. The van der Waals surface area contributed by atoms with Gasteiger partial charge >= 0.3 is 0 Å². The highest BCUT2D eigenvalue weighted by atomic mass is 79.9. The number of likely N-dealkylation sites (N-methyl/N-ethyl adjacent to an activating group) is 1. The Bertz CT molecular complexity index is 589. The van der Waals surface area contributed by atoms with Crippen LogP contribution in [0.2, 0.25) is 0 Å². The van der Waals surface area contributed by atoms with Crippen molar-refractivity contribution in [2.75, 3.05) is 32.9 Å². The molecular weight excluding hydrogens is 342 g/mol. The zero-order valence-electron chi connectivity index (χ0n) is 11.7. The molecule has 0 aliphatic carbocycles. The molecule has 0 bridgehead atoms. The van der Waals surface area contributed by atoms with Crippen LogP contribution in [0.3, 0.4) is 0 Å². The molecule has 0 radical (unpaired) electrons. The highest BCUT2D eigenvalue weighted by Crippen LogP contribution is 2.31. The van der Waals surface area contributed by atoms with E-state index in [1.807, 2.05) is 19.0 Å². The van der Waals surface area contributed by atoms with Crippen molar-refractivity contribution in [3.05, 3.63) is 22.7 Å². The minimum Gasteiger partial charge on any atom is -0.399 e. The number of sulfonamides is 1. The average Bonchev–Trinajstić information content (AvgIpc) is 2.76. The molecule has 2 rings (SSSR count). The Morgan fingerprint density at radius 1 is 1.45 bits per heavy atom. The molecule has 1 heterocycles. The first-order valence-corrected chi connectivity index (χ1v) is 8.77. The molecule has 0 aromatic heterocycles. The van der Waals surface area contributed by atoms with Gasteiger partial charge in [0.15, 0.2) is 0 Å². The zero-order valence-corrected chi connectivity index (χ0v) is 14.1. The maximum absolute atomic E-state index is 12.8. The van der Waals surface area contributed by atoms with Crippen molar-refractivity contribution < 1.29 is 8.42 Å². The van der Waals surface area contributed by atoms with E-state index < -0.39 is 10.0 Å². The van der Waals surface area contributed by atoms with Crippen LogP contribution < -0.4 is 5.73 Å². The van der Waals surface area contributed by atoms with E-state index in [2.05, 4.69) is 15.9 Å². The third-order valence-electron chi connectivity index (χ3n) is 3.44. The third-order valence-corrected chi connectivity index (χ3v) is 6.37. The number of rotatable bonds is 4. The van der Waals surface area contributed by atoms with Gasteiger partial charge in [-0.2, -0.15) is 4.31 Å². The summed E-state index contributed by atoms with van der Waals surface area (Å²) in [6, 6.07) is 4.86. The minimum absolute atomic E-state index is 0.0412. The summed E-state index contributed by atoms with van der Waals surface area (Å²) in [5.41, 5.74) is 6.22. The lowest BCUT2D eigenvalue weighted by Crippen LogP contribution is -2.41. The lowest BCUT2D eigenvalue weighted by atomic mass is 10.2. The van der Waals surface area contributed by atoms with E-state index >= 15 is 0 Å². The second kappa shape index (κ2) is 6.01. The number of benzene rings is 1. The maximum atomic E-state index is 12.8. The molecule has 1 unspecified atom stereocenters. The largest absolute Gasteiger partial charge is 0.399 e. The maximum Gasteiger partial charge on any atom is 0.244 e. The molecule has 1 saturated heterocycles. The Hall–Kier alpha value is -0.630. The number of nitrogen functional groups attached to an aromatic ring is 1. The van der Waals surface area contributed by atoms with Gasteiger partial charge in [0.2, 0.25) is 10.0 Å². The van der Waals surface area contributed by atoms with Crippen LogP contribution in [0.4, 0.5) is 5.69 Å². The molecule has 5 nitrogen and oxygen atoms in total. The standard InChI is InChI=1S/C13H20BrN3O2S/c1-16(2)9-11-4-3-7-17(11)20(18,19)13-6-5-10(15)8-12(13)14/h5-6,8,11H,3-4,7,9,15H2,1-2H3. The van der Waals surface area contributed by atoms with E-state index in [1.165, 1.54) is 0 Å². The molecule has 1 aliphatic heterocycles. The van der Waals surface area contributed by atoms with Crippen molar-refractivity contribution in [1.29, 1.82) is 0 Å². The molecule has 0 amide bonds. The van der Waals surface area contributed by atoms with Crippen molar-refractivity contribution >= 4 is 31.6 Å². The van der Waals surface area contributed by atoms with E-state index in [9.17, 15) is 8.42 Å². The topological polar surface area (TPSA) is 66.6 Å². The van der Waals surface area contributed by atoms with Crippen LogP contribution in [-0.4, -0.2) is 50.8 Å². The fourth-order valence-corrected chi connectivity index (χ4v) is 5.32. The van der Waals surface area contributed by atoms with Crippen LogP contribution in [0, 0.1) is 0 Å². The van der Waals surface area contributed by atoms with E-state index in [0.717, 1.165) is 19.4 Å². The van der Waals surface area contributed by atoms with E-state index in [0.29, 0.717) is 16.7 Å². The lowest BCUT2D eigenvalue weighted by Gasteiger charge is -2.26. The fourth-order valence-electron chi connectivity index (χ4n) is 2.58. The summed E-state index contributed by atoms with van der Waals surface area (Å²) < 4.78 is 27.7. The summed E-state index contributed by atoms with van der Waals surface area (Å²) in [5.74, 6) is 0. The molecule has 1 aliphatic rings. The van der Waals surface area contributed by atoms with Gasteiger partial charge < -0.3 is 10.6 Å². The average molecular weight is 362 g/mol. The van der Waals surface area contributed by atoms with Crippen molar-refractivity contribution in [2.24, 2.45) is 0 Å². The molecule has 1 atom stereocenters. The van der Waals surface area contributed by atoms with Crippen molar-refractivity contribution in [3.63, 3.8) is 0 Å². The van der Waals surface area contributed by atoms with Gasteiger partial charge in [-0.05, 0) is 61.1 Å². The lowest BCUT2D eigenvalue weighted by molar-refractivity contribution is 0.291. The van der Waals surface area contributed by atoms with E-state index in [1.54, 1.807) is 22.5 Å². The summed E-state index contributed by atoms with van der Waals surface area (Å²) in [4.78, 5) is 2.31. The number of anilines is 1. The van der Waals surface area contributed by atoms with Crippen molar-refractivity contribution in [1.82, 2.24) is 9.21 Å². The second-order valence-electron chi connectivity index (χ2n) is 5.36. The SMILES string of the molecule is CN(C)CC1CCCN1S(=O)(=O)c1ccc(N)cc1Br. The van der Waals surface area contributed by atoms with Gasteiger partial charge in [-0.15, -0.1) is 0 Å². The molecule has 0 spiro atoms. The third kappa shape index (κ3) is 3.16. The van der Waals surface area contributed by atoms with Crippen LogP contribution in [0.5, 0.6) is 0 Å². The van der Waals surface area contributed by atoms with Crippen molar-refractivity contribution in [3.8, 4) is 0 Å². The smallest absolute Gasteiger partial charge is 0.244 e. The molecule has 7 heteroatoms. The first kappa shape index (κ1) is 15.8. The molecular formula is C13H20BrN3O2S. The number of hydrogen-bond acceptors (Lipinski definition) is 4. The number of hydrogen-bond donors (Lipinski definition) is 1. The predicted molar refractivity (Wildman–Crippen MR) is 84.0 cm³/mol. The number of nitrogens with zero attached hydrogens (tertiary/aromatic N) is 2. The summed E-state index contributed by atoms with van der Waals surface area (Å²) in [7, 11) is 0.444. The summed E-state index contributed by atoms with van der Waals surface area (Å²) in [6.45, 7) is 1.32. The van der Waals surface area contributed by atoms with Gasteiger partial charge in [0.25, 0.3) is 0 Å². The second-order valence-corrected chi connectivity index (χ2v) is 8.08. The van der Waals surface area contributed by atoms with Crippen LogP contribution in [0.25, 0.3) is 0 Å². The van der Waals surface area contributed by atoms with Crippen LogP contribution in [0.15, 0.2) is 27.6 Å². The Balaban J connectivity index is 2.34. The van der Waals surface area contributed by atoms with Crippen LogP contribution in [0.1, 0.15) is 12.8 Å². The highest BCUT2D eigenvalue weighted by molar-refractivity contribution is 9.10. The van der Waals surface area contributed by atoms with E-state index in [-0.39, 0.29) is 10.9 Å². The normalized spacial score (nSPS) is 20.7. The van der Waals surface area contributed by atoms with Crippen LogP contribution in [-0.2, 0) is 10.0 Å². The molecule has 0 saturated carbocycles. The predicted octanol–water partition coefficient (Wildman–Crippen LogP) is 1.75. The fraction of sp³-hybridized carbons (Fsp3) is 0.538. The van der Waals surface area contributed by atoms with E-state index in [4.69, 9.17) is 5.73 Å². The first-order chi connectivity index (χ1) is 9.32. The minimum atomic E-state index is -3.48. The van der Waals surface area contributed by atoms with Gasteiger partial charge in [0.05, 0.1) is 4.90 Å². The van der Waals surface area contributed by atoms with Gasteiger partial charge in [-0.25, -0.2) is 8.42 Å². The van der Waals surface area contributed by atoms with Gasteiger partial charge in [-0.3, -0.25) is 0 Å². The number of nitrogens with two attached hydrogens (primary N) is 1.